The maximum atomic E-state index is 5.66. The number of aliphatic imine (C=N–C) groups is 1. The Morgan fingerprint density at radius 3 is 2.61 bits per heavy atom. The lowest BCUT2D eigenvalue weighted by atomic mass is 10.2. The van der Waals surface area contributed by atoms with E-state index in [1.807, 2.05) is 0 Å². The number of nitrogens with one attached hydrogen (secondary N) is 1. The molecule has 0 radical (unpaired) electrons. The summed E-state index contributed by atoms with van der Waals surface area (Å²) in [4.78, 5) is 9.59. The van der Waals surface area contributed by atoms with Crippen LogP contribution in [-0.4, -0.2) is 54.0 Å². The molecule has 0 amide bonds. The standard InChI is InChI=1S/C13H27N5/c1-3-17-8-9-18(10-11(17)2)13(16-14)15-12-6-4-5-7-12/h11-12H,3-10,14H2,1-2H3,(H,15,16). The van der Waals surface area contributed by atoms with Gasteiger partial charge in [0.25, 0.3) is 0 Å². The van der Waals surface area contributed by atoms with Crippen molar-refractivity contribution in [3.8, 4) is 0 Å². The number of rotatable bonds is 2. The number of likely N-dealkylation sites (N-methyl/N-ethyl adjacent to an activating group) is 1. The molecule has 1 saturated carbocycles. The summed E-state index contributed by atoms with van der Waals surface area (Å²) >= 11 is 0. The SMILES string of the molecule is CCN1CCN(C(=NC2CCCC2)NN)CC1C. The van der Waals surface area contributed by atoms with Crippen LogP contribution in [0.5, 0.6) is 0 Å². The predicted octanol–water partition coefficient (Wildman–Crippen LogP) is 0.774. The lowest BCUT2D eigenvalue weighted by Gasteiger charge is -2.40. The van der Waals surface area contributed by atoms with Crippen molar-refractivity contribution in [3.05, 3.63) is 0 Å². The van der Waals surface area contributed by atoms with Gasteiger partial charge in [-0.25, -0.2) is 10.8 Å². The van der Waals surface area contributed by atoms with E-state index in [1.54, 1.807) is 0 Å². The summed E-state index contributed by atoms with van der Waals surface area (Å²) in [6.07, 6.45) is 5.06. The van der Waals surface area contributed by atoms with Gasteiger partial charge >= 0.3 is 0 Å². The van der Waals surface area contributed by atoms with Gasteiger partial charge in [-0.2, -0.15) is 0 Å². The monoisotopic (exact) mass is 253 g/mol. The molecule has 1 aliphatic heterocycles. The Morgan fingerprint density at radius 1 is 1.33 bits per heavy atom. The average Bonchev–Trinajstić information content (AvgIpc) is 2.88. The summed E-state index contributed by atoms with van der Waals surface area (Å²) in [6, 6.07) is 1.06. The number of hydrogen-bond acceptors (Lipinski definition) is 3. The quantitative estimate of drug-likeness (QED) is 0.330. The highest BCUT2D eigenvalue weighted by Gasteiger charge is 2.25. The minimum Gasteiger partial charge on any atom is -0.339 e. The molecule has 1 atom stereocenters. The van der Waals surface area contributed by atoms with Crippen LogP contribution in [0.2, 0.25) is 0 Å². The van der Waals surface area contributed by atoms with Crippen molar-refractivity contribution in [1.29, 1.82) is 0 Å². The topological polar surface area (TPSA) is 56.9 Å². The van der Waals surface area contributed by atoms with Crippen LogP contribution in [0.25, 0.3) is 0 Å². The van der Waals surface area contributed by atoms with Crippen molar-refractivity contribution in [2.45, 2.75) is 51.6 Å². The van der Waals surface area contributed by atoms with E-state index in [4.69, 9.17) is 10.8 Å². The lowest BCUT2D eigenvalue weighted by Crippen LogP contribution is -2.57. The van der Waals surface area contributed by atoms with Gasteiger partial charge in [0, 0.05) is 25.7 Å². The second kappa shape index (κ2) is 6.38. The zero-order valence-corrected chi connectivity index (χ0v) is 11.7. The minimum absolute atomic E-state index is 0.482. The number of guanidine groups is 1. The average molecular weight is 253 g/mol. The Hall–Kier alpha value is -0.810. The van der Waals surface area contributed by atoms with Crippen LogP contribution in [-0.2, 0) is 0 Å². The highest BCUT2D eigenvalue weighted by atomic mass is 15.4. The van der Waals surface area contributed by atoms with Crippen LogP contribution in [0, 0.1) is 0 Å². The Bertz CT molecular complexity index is 285. The number of nitrogens with two attached hydrogens (primary N) is 1. The number of piperazine rings is 1. The summed E-state index contributed by atoms with van der Waals surface area (Å²) < 4.78 is 0. The summed E-state index contributed by atoms with van der Waals surface area (Å²) in [5, 5.41) is 0. The molecule has 3 N–H and O–H groups in total. The molecule has 0 aromatic heterocycles. The Kier molecular flexibility index (Phi) is 4.83. The van der Waals surface area contributed by atoms with E-state index in [0.717, 1.165) is 32.1 Å². The molecule has 5 heteroatoms. The van der Waals surface area contributed by atoms with E-state index >= 15 is 0 Å². The summed E-state index contributed by atoms with van der Waals surface area (Å²) in [6.45, 7) is 8.76. The molecular formula is C13H27N5. The van der Waals surface area contributed by atoms with E-state index in [0.29, 0.717) is 12.1 Å². The molecule has 2 aliphatic rings. The molecule has 1 aliphatic carbocycles. The van der Waals surface area contributed by atoms with Crippen molar-refractivity contribution in [2.24, 2.45) is 10.8 Å². The third kappa shape index (κ3) is 3.14. The van der Waals surface area contributed by atoms with Crippen molar-refractivity contribution in [1.82, 2.24) is 15.2 Å². The van der Waals surface area contributed by atoms with Gasteiger partial charge in [-0.3, -0.25) is 10.3 Å². The largest absolute Gasteiger partial charge is 0.339 e. The fourth-order valence-corrected chi connectivity index (χ4v) is 3.07. The Morgan fingerprint density at radius 2 is 2.06 bits per heavy atom. The van der Waals surface area contributed by atoms with Crippen LogP contribution in [0.1, 0.15) is 39.5 Å². The first-order valence-corrected chi connectivity index (χ1v) is 7.28. The third-order valence-electron chi connectivity index (χ3n) is 4.23. The second-order valence-corrected chi connectivity index (χ2v) is 5.46. The Labute approximate surface area is 110 Å². The zero-order valence-electron chi connectivity index (χ0n) is 11.7. The van der Waals surface area contributed by atoms with E-state index in [1.165, 1.54) is 25.7 Å². The van der Waals surface area contributed by atoms with Gasteiger partial charge in [0.1, 0.15) is 0 Å². The minimum atomic E-state index is 0.482. The smallest absolute Gasteiger partial charge is 0.208 e. The van der Waals surface area contributed by atoms with Gasteiger partial charge in [0.05, 0.1) is 6.04 Å². The van der Waals surface area contributed by atoms with E-state index in [-0.39, 0.29) is 0 Å². The maximum absolute atomic E-state index is 5.66. The van der Waals surface area contributed by atoms with Crippen molar-refractivity contribution in [2.75, 3.05) is 26.2 Å². The number of hydrogen-bond donors (Lipinski definition) is 2. The molecule has 5 nitrogen and oxygen atoms in total. The van der Waals surface area contributed by atoms with E-state index in [2.05, 4.69) is 29.1 Å². The first-order valence-electron chi connectivity index (χ1n) is 7.28. The van der Waals surface area contributed by atoms with Gasteiger partial charge in [0.15, 0.2) is 0 Å². The van der Waals surface area contributed by atoms with Gasteiger partial charge in [0.2, 0.25) is 5.96 Å². The molecule has 1 saturated heterocycles. The van der Waals surface area contributed by atoms with Gasteiger partial charge in [-0.1, -0.05) is 19.8 Å². The number of nitrogens with zero attached hydrogens (tertiary/aromatic N) is 3. The summed E-state index contributed by atoms with van der Waals surface area (Å²) in [7, 11) is 0. The molecule has 18 heavy (non-hydrogen) atoms. The van der Waals surface area contributed by atoms with Crippen LogP contribution in [0.3, 0.4) is 0 Å². The summed E-state index contributed by atoms with van der Waals surface area (Å²) in [5.41, 5.74) is 2.81. The molecule has 1 heterocycles. The first-order chi connectivity index (χ1) is 8.74. The van der Waals surface area contributed by atoms with Crippen LogP contribution in [0.4, 0.5) is 0 Å². The molecule has 2 fully saturated rings. The van der Waals surface area contributed by atoms with Gasteiger partial charge in [-0.05, 0) is 26.3 Å². The predicted molar refractivity (Wildman–Crippen MR) is 75.3 cm³/mol. The highest BCUT2D eigenvalue weighted by Crippen LogP contribution is 2.21. The molecular weight excluding hydrogens is 226 g/mol. The zero-order chi connectivity index (χ0) is 13.0. The fourth-order valence-electron chi connectivity index (χ4n) is 3.07. The molecule has 0 aromatic carbocycles. The Balaban J connectivity index is 1.96. The van der Waals surface area contributed by atoms with Crippen LogP contribution < -0.4 is 11.3 Å². The maximum Gasteiger partial charge on any atom is 0.208 e. The van der Waals surface area contributed by atoms with Crippen molar-refractivity contribution in [3.63, 3.8) is 0 Å². The van der Waals surface area contributed by atoms with Crippen LogP contribution >= 0.6 is 0 Å². The summed E-state index contributed by atoms with van der Waals surface area (Å²) in [5.74, 6) is 6.55. The van der Waals surface area contributed by atoms with E-state index in [9.17, 15) is 0 Å². The second-order valence-electron chi connectivity index (χ2n) is 5.46. The first kappa shape index (κ1) is 13.6. The number of hydrazine groups is 1. The molecule has 104 valence electrons. The van der Waals surface area contributed by atoms with Crippen molar-refractivity contribution >= 4 is 5.96 Å². The van der Waals surface area contributed by atoms with E-state index < -0.39 is 0 Å². The van der Waals surface area contributed by atoms with Gasteiger partial charge in [-0.15, -0.1) is 0 Å². The van der Waals surface area contributed by atoms with Crippen molar-refractivity contribution < 1.29 is 0 Å². The lowest BCUT2D eigenvalue weighted by molar-refractivity contribution is 0.127. The fraction of sp³-hybridized carbons (Fsp3) is 0.923. The molecule has 0 bridgehead atoms. The normalized spacial score (nSPS) is 27.8. The molecule has 2 rings (SSSR count). The molecule has 0 aromatic rings. The van der Waals surface area contributed by atoms with Crippen LogP contribution in [0.15, 0.2) is 4.99 Å². The highest BCUT2D eigenvalue weighted by molar-refractivity contribution is 5.79. The third-order valence-corrected chi connectivity index (χ3v) is 4.23. The molecule has 0 spiro atoms. The molecule has 1 unspecified atom stereocenters. The van der Waals surface area contributed by atoms with Gasteiger partial charge < -0.3 is 4.90 Å².